The summed E-state index contributed by atoms with van der Waals surface area (Å²) in [5.74, 6) is 0. The number of nitrogens with one attached hydrogen (secondary N) is 1. The summed E-state index contributed by atoms with van der Waals surface area (Å²) in [5, 5.41) is 0. The summed E-state index contributed by atoms with van der Waals surface area (Å²) in [6.45, 7) is 0.458. The fraction of sp³-hybridized carbons (Fsp3) is 1.00. The first-order valence-electron chi connectivity index (χ1n) is 2.01. The van der Waals surface area contributed by atoms with Crippen molar-refractivity contribution in [2.24, 2.45) is 0 Å². The number of hydrogen-bond acceptors (Lipinski definition) is 0. The zero-order chi connectivity index (χ0) is 5.21. The molecule has 0 rings (SSSR count). The van der Waals surface area contributed by atoms with Crippen LogP contribution in [0.4, 0.5) is 0 Å². The third-order valence-electron chi connectivity index (χ3n) is 0.474. The maximum atomic E-state index is 6.83. The Morgan fingerprint density at radius 3 is 1.50 bits per heavy atom. The second-order valence-corrected chi connectivity index (χ2v) is 2.45. The van der Waals surface area contributed by atoms with Crippen molar-refractivity contribution in [3.8, 4) is 0 Å². The van der Waals surface area contributed by atoms with Crippen LogP contribution < -0.4 is 5.73 Å². The lowest BCUT2D eigenvalue weighted by Crippen LogP contribution is -2.35. The molecule has 0 atom stereocenters. The molecule has 0 aliphatic rings. The van der Waals surface area contributed by atoms with Gasteiger partial charge in [-0.1, -0.05) is 0 Å². The Labute approximate surface area is 39.1 Å². The van der Waals surface area contributed by atoms with E-state index in [1.807, 2.05) is 21.1 Å². The van der Waals surface area contributed by atoms with Gasteiger partial charge in [-0.2, -0.15) is 0 Å². The van der Waals surface area contributed by atoms with Crippen LogP contribution in [0.2, 0.25) is 0 Å². The minimum Gasteiger partial charge on any atom is -0.318 e. The highest BCUT2D eigenvalue weighted by Gasteiger charge is 1.98. The van der Waals surface area contributed by atoms with E-state index in [4.69, 9.17) is 5.73 Å². The van der Waals surface area contributed by atoms with Gasteiger partial charge >= 0.3 is 0 Å². The molecule has 0 aromatic carbocycles. The molecule has 0 spiro atoms. The smallest absolute Gasteiger partial charge is 0.144 e. The standard InChI is InChI=1S/C4H12N2/c1-6(2,3)4-5/h5H,4H2,1-3H3/q+1. The molecule has 0 heterocycles. The Hall–Kier alpha value is -0.0800. The summed E-state index contributed by atoms with van der Waals surface area (Å²) >= 11 is 0. The Balaban J connectivity index is 3.17. The summed E-state index contributed by atoms with van der Waals surface area (Å²) in [6.07, 6.45) is 0. The molecule has 0 aromatic heterocycles. The van der Waals surface area contributed by atoms with E-state index < -0.39 is 0 Å². The highest BCUT2D eigenvalue weighted by molar-refractivity contribution is 4.02. The van der Waals surface area contributed by atoms with E-state index in [1.54, 1.807) is 0 Å². The first kappa shape index (κ1) is 5.92. The predicted molar refractivity (Wildman–Crippen MR) is 26.0 cm³/mol. The largest absolute Gasteiger partial charge is 0.318 e. The van der Waals surface area contributed by atoms with Gasteiger partial charge in [0.2, 0.25) is 0 Å². The Kier molecular flexibility index (Phi) is 1.56. The van der Waals surface area contributed by atoms with Crippen molar-refractivity contribution in [1.29, 1.82) is 0 Å². The van der Waals surface area contributed by atoms with E-state index in [2.05, 4.69) is 0 Å². The molecule has 0 bridgehead atoms. The molecule has 0 aliphatic carbocycles. The lowest BCUT2D eigenvalue weighted by Gasteiger charge is -2.19. The molecule has 0 aromatic rings. The van der Waals surface area contributed by atoms with Crippen molar-refractivity contribution < 1.29 is 4.48 Å². The Morgan fingerprint density at radius 2 is 1.50 bits per heavy atom. The van der Waals surface area contributed by atoms with E-state index in [1.165, 1.54) is 0 Å². The van der Waals surface area contributed by atoms with Crippen LogP contribution in [0.3, 0.4) is 0 Å². The van der Waals surface area contributed by atoms with Crippen LogP contribution in [-0.2, 0) is 0 Å². The molecule has 1 radical (unpaired) electrons. The average molecular weight is 88.2 g/mol. The Morgan fingerprint density at radius 1 is 1.33 bits per heavy atom. The van der Waals surface area contributed by atoms with Gasteiger partial charge in [0.05, 0.1) is 21.1 Å². The van der Waals surface area contributed by atoms with Crippen molar-refractivity contribution in [1.82, 2.24) is 5.73 Å². The van der Waals surface area contributed by atoms with E-state index in [0.29, 0.717) is 6.67 Å². The van der Waals surface area contributed by atoms with Crippen LogP contribution >= 0.6 is 0 Å². The monoisotopic (exact) mass is 88.1 g/mol. The molecule has 0 saturated heterocycles. The molecule has 0 saturated carbocycles. The summed E-state index contributed by atoms with van der Waals surface area (Å²) < 4.78 is 0.736. The van der Waals surface area contributed by atoms with Gasteiger partial charge in [0.25, 0.3) is 0 Å². The van der Waals surface area contributed by atoms with Crippen LogP contribution in [0.25, 0.3) is 0 Å². The molecule has 0 fully saturated rings. The highest BCUT2D eigenvalue weighted by Crippen LogP contribution is 1.80. The van der Waals surface area contributed by atoms with Gasteiger partial charge in [-0.25, -0.2) is 5.73 Å². The fourth-order valence-electron chi connectivity index (χ4n) is 0. The van der Waals surface area contributed by atoms with Gasteiger partial charge < -0.3 is 4.48 Å². The van der Waals surface area contributed by atoms with Crippen molar-refractivity contribution in [3.63, 3.8) is 0 Å². The summed E-state index contributed by atoms with van der Waals surface area (Å²) in [6, 6.07) is 0. The van der Waals surface area contributed by atoms with Crippen LogP contribution in [0, 0.1) is 0 Å². The zero-order valence-corrected chi connectivity index (χ0v) is 4.65. The van der Waals surface area contributed by atoms with Gasteiger partial charge in [0, 0.05) is 0 Å². The SMILES string of the molecule is C[N+](C)(C)C[NH]. The fourth-order valence-corrected chi connectivity index (χ4v) is 0. The van der Waals surface area contributed by atoms with Crippen molar-refractivity contribution >= 4 is 0 Å². The number of nitrogens with zero attached hydrogens (tertiary/aromatic N) is 1. The minimum atomic E-state index is 0.458. The topological polar surface area (TPSA) is 23.8 Å². The maximum Gasteiger partial charge on any atom is 0.144 e. The van der Waals surface area contributed by atoms with Crippen molar-refractivity contribution in [2.75, 3.05) is 27.8 Å². The normalized spacial score (nSPS) is 12.0. The predicted octanol–water partition coefficient (Wildman–Crippen LogP) is -0.0670. The lowest BCUT2D eigenvalue weighted by molar-refractivity contribution is -0.870. The van der Waals surface area contributed by atoms with E-state index in [-0.39, 0.29) is 0 Å². The van der Waals surface area contributed by atoms with Gasteiger partial charge in [-0.05, 0) is 0 Å². The molecule has 2 heteroatoms. The van der Waals surface area contributed by atoms with Gasteiger partial charge in [0.15, 0.2) is 0 Å². The summed E-state index contributed by atoms with van der Waals surface area (Å²) in [7, 11) is 5.98. The molecule has 0 aliphatic heterocycles. The number of rotatable bonds is 1. The van der Waals surface area contributed by atoms with Gasteiger partial charge in [-0.3, -0.25) is 0 Å². The molecule has 1 N–H and O–H groups in total. The van der Waals surface area contributed by atoms with Crippen LogP contribution in [-0.4, -0.2) is 32.3 Å². The molecule has 6 heavy (non-hydrogen) atoms. The number of quaternary nitrogens is 1. The minimum absolute atomic E-state index is 0.458. The molecule has 0 unspecified atom stereocenters. The Bertz CT molecular complexity index is 35.3. The second kappa shape index (κ2) is 1.58. The molecule has 2 nitrogen and oxygen atoms in total. The van der Waals surface area contributed by atoms with E-state index >= 15 is 0 Å². The lowest BCUT2D eigenvalue weighted by atomic mass is 10.7. The zero-order valence-electron chi connectivity index (χ0n) is 4.65. The molecular weight excluding hydrogens is 76.1 g/mol. The van der Waals surface area contributed by atoms with Crippen LogP contribution in [0.1, 0.15) is 0 Å². The first-order valence-corrected chi connectivity index (χ1v) is 2.01. The third kappa shape index (κ3) is 3.92. The van der Waals surface area contributed by atoms with E-state index in [0.717, 1.165) is 4.48 Å². The second-order valence-electron chi connectivity index (χ2n) is 2.45. The summed E-state index contributed by atoms with van der Waals surface area (Å²) in [4.78, 5) is 0. The van der Waals surface area contributed by atoms with E-state index in [9.17, 15) is 0 Å². The average Bonchev–Trinajstić information content (AvgIpc) is 1.35. The van der Waals surface area contributed by atoms with Crippen LogP contribution in [0.15, 0.2) is 0 Å². The molecule has 37 valence electrons. The van der Waals surface area contributed by atoms with Crippen LogP contribution in [0.5, 0.6) is 0 Å². The quantitative estimate of drug-likeness (QED) is 0.401. The third-order valence-corrected chi connectivity index (χ3v) is 0.474. The van der Waals surface area contributed by atoms with Crippen molar-refractivity contribution in [3.05, 3.63) is 0 Å². The number of hydrogen-bond donors (Lipinski definition) is 0. The van der Waals surface area contributed by atoms with Gasteiger partial charge in [-0.15, -0.1) is 0 Å². The highest BCUT2D eigenvalue weighted by atomic mass is 15.3. The first-order chi connectivity index (χ1) is 2.56. The van der Waals surface area contributed by atoms with Crippen molar-refractivity contribution in [2.45, 2.75) is 0 Å². The molecular formula is C4H12N2+. The van der Waals surface area contributed by atoms with Gasteiger partial charge in [0.1, 0.15) is 6.67 Å². The summed E-state index contributed by atoms with van der Waals surface area (Å²) in [5.41, 5.74) is 6.83. The maximum absolute atomic E-state index is 6.83. The molecule has 0 amide bonds.